The van der Waals surface area contributed by atoms with Gasteiger partial charge in [0.15, 0.2) is 0 Å². The number of rotatable bonds is 6. The van der Waals surface area contributed by atoms with Gasteiger partial charge in [0.2, 0.25) is 15.9 Å². The Morgan fingerprint density at radius 1 is 1.11 bits per heavy atom. The van der Waals surface area contributed by atoms with Crippen molar-refractivity contribution in [1.29, 1.82) is 0 Å². The van der Waals surface area contributed by atoms with E-state index in [4.69, 9.17) is 5.11 Å². The second-order valence-electron chi connectivity index (χ2n) is 6.65. The molecule has 0 unspecified atom stereocenters. The Labute approximate surface area is 163 Å². The summed E-state index contributed by atoms with van der Waals surface area (Å²) in [4.78, 5) is 25.1. The zero-order valence-electron chi connectivity index (χ0n) is 15.5. The Morgan fingerprint density at radius 2 is 1.75 bits per heavy atom. The molecule has 1 saturated heterocycles. The van der Waals surface area contributed by atoms with E-state index in [1.165, 1.54) is 21.4 Å². The zero-order valence-corrected chi connectivity index (χ0v) is 16.3. The molecule has 2 aromatic rings. The average molecular weight is 406 g/mol. The van der Waals surface area contributed by atoms with Crippen molar-refractivity contribution >= 4 is 21.9 Å². The molecule has 2 heterocycles. The van der Waals surface area contributed by atoms with Gasteiger partial charge in [0.1, 0.15) is 0 Å². The van der Waals surface area contributed by atoms with Crippen molar-refractivity contribution < 1.29 is 23.1 Å². The number of nitrogens with zero attached hydrogens (tertiary/aromatic N) is 4. The van der Waals surface area contributed by atoms with Crippen LogP contribution in [0.2, 0.25) is 0 Å². The highest BCUT2D eigenvalue weighted by Gasteiger charge is 2.29. The van der Waals surface area contributed by atoms with Crippen LogP contribution in [0.25, 0.3) is 0 Å². The standard InChI is InChI=1S/C18H22N4O5S/c1-14-2-4-16(5-3-14)28(26,27)22-10-8-20(9-11-22)17(23)6-7-21-13-15(12-19-21)18(24)25/h2-5,12-13H,6-11H2,1H3,(H,24,25). The Kier molecular flexibility index (Phi) is 5.80. The smallest absolute Gasteiger partial charge is 0.338 e. The predicted molar refractivity (Wildman–Crippen MR) is 100 cm³/mol. The van der Waals surface area contributed by atoms with Gasteiger partial charge in [0.25, 0.3) is 0 Å². The Balaban J connectivity index is 1.53. The number of carboxylic acid groups (broad SMARTS) is 1. The van der Waals surface area contributed by atoms with Crippen LogP contribution in [0.1, 0.15) is 22.3 Å². The second kappa shape index (κ2) is 8.11. The molecule has 28 heavy (non-hydrogen) atoms. The van der Waals surface area contributed by atoms with E-state index in [0.29, 0.717) is 13.1 Å². The van der Waals surface area contributed by atoms with Gasteiger partial charge in [-0.15, -0.1) is 0 Å². The summed E-state index contributed by atoms with van der Waals surface area (Å²) in [5.74, 6) is -1.18. The molecule has 0 aliphatic carbocycles. The molecule has 0 radical (unpaired) electrons. The molecule has 1 fully saturated rings. The maximum atomic E-state index is 12.7. The monoisotopic (exact) mass is 406 g/mol. The van der Waals surface area contributed by atoms with Crippen molar-refractivity contribution in [3.63, 3.8) is 0 Å². The number of aryl methyl sites for hydroxylation is 2. The molecule has 0 bridgehead atoms. The molecule has 1 aliphatic heterocycles. The SMILES string of the molecule is Cc1ccc(S(=O)(=O)N2CCN(C(=O)CCn3cc(C(=O)O)cn3)CC2)cc1. The summed E-state index contributed by atoms with van der Waals surface area (Å²) in [6.07, 6.45) is 2.79. The summed E-state index contributed by atoms with van der Waals surface area (Å²) >= 11 is 0. The van der Waals surface area contributed by atoms with E-state index in [1.807, 2.05) is 6.92 Å². The third-order valence-corrected chi connectivity index (χ3v) is 6.60. The first-order chi connectivity index (χ1) is 13.3. The first-order valence-electron chi connectivity index (χ1n) is 8.88. The molecule has 0 atom stereocenters. The fourth-order valence-corrected chi connectivity index (χ4v) is 4.42. The lowest BCUT2D eigenvalue weighted by Crippen LogP contribution is -2.50. The number of sulfonamides is 1. The number of piperazine rings is 1. The Bertz CT molecular complexity index is 960. The number of benzene rings is 1. The summed E-state index contributed by atoms with van der Waals surface area (Å²) in [6, 6.07) is 6.71. The maximum Gasteiger partial charge on any atom is 0.338 e. The molecule has 1 aromatic heterocycles. The minimum atomic E-state index is -3.56. The van der Waals surface area contributed by atoms with Gasteiger partial charge in [-0.25, -0.2) is 13.2 Å². The van der Waals surface area contributed by atoms with Gasteiger partial charge in [-0.1, -0.05) is 17.7 Å². The Hall–Kier alpha value is -2.72. The van der Waals surface area contributed by atoms with Crippen LogP contribution in [0.5, 0.6) is 0 Å². The molecule has 10 heteroatoms. The van der Waals surface area contributed by atoms with Crippen molar-refractivity contribution in [1.82, 2.24) is 19.0 Å². The lowest BCUT2D eigenvalue weighted by atomic mass is 10.2. The van der Waals surface area contributed by atoms with E-state index >= 15 is 0 Å². The molecular weight excluding hydrogens is 384 g/mol. The fourth-order valence-electron chi connectivity index (χ4n) is 3.00. The lowest BCUT2D eigenvalue weighted by molar-refractivity contribution is -0.132. The first kappa shape index (κ1) is 20.0. The number of hydrogen-bond acceptors (Lipinski definition) is 5. The van der Waals surface area contributed by atoms with Gasteiger partial charge in [0.05, 0.1) is 16.7 Å². The van der Waals surface area contributed by atoms with Gasteiger partial charge in [0, 0.05) is 45.3 Å². The van der Waals surface area contributed by atoms with Gasteiger partial charge in [-0.05, 0) is 19.1 Å². The largest absolute Gasteiger partial charge is 0.478 e. The maximum absolute atomic E-state index is 12.7. The minimum Gasteiger partial charge on any atom is -0.478 e. The number of aromatic nitrogens is 2. The Morgan fingerprint density at radius 3 is 2.32 bits per heavy atom. The van der Waals surface area contributed by atoms with Crippen LogP contribution in [-0.4, -0.2) is 70.6 Å². The van der Waals surface area contributed by atoms with Crippen LogP contribution in [0.15, 0.2) is 41.6 Å². The number of amides is 1. The molecule has 1 N–H and O–H groups in total. The van der Waals surface area contributed by atoms with Crippen molar-refractivity contribution in [2.24, 2.45) is 0 Å². The molecule has 9 nitrogen and oxygen atoms in total. The summed E-state index contributed by atoms with van der Waals surface area (Å²) < 4.78 is 28.2. The molecule has 3 rings (SSSR count). The highest BCUT2D eigenvalue weighted by atomic mass is 32.2. The molecular formula is C18H22N4O5S. The predicted octanol–water partition coefficient (Wildman–Crippen LogP) is 0.813. The first-order valence-corrected chi connectivity index (χ1v) is 10.3. The summed E-state index contributed by atoms with van der Waals surface area (Å²) in [5, 5.41) is 12.8. The van der Waals surface area contributed by atoms with Crippen molar-refractivity contribution in [2.45, 2.75) is 24.8 Å². The second-order valence-corrected chi connectivity index (χ2v) is 8.58. The summed E-state index contributed by atoms with van der Waals surface area (Å²) in [6.45, 7) is 3.30. The number of carbonyl (C=O) groups is 2. The van der Waals surface area contributed by atoms with E-state index in [9.17, 15) is 18.0 Å². The fraction of sp³-hybridized carbons (Fsp3) is 0.389. The average Bonchev–Trinajstić information content (AvgIpc) is 3.16. The van der Waals surface area contributed by atoms with Crippen LogP contribution < -0.4 is 0 Å². The van der Waals surface area contributed by atoms with Gasteiger partial charge < -0.3 is 10.0 Å². The highest BCUT2D eigenvalue weighted by molar-refractivity contribution is 7.89. The number of aromatic carboxylic acids is 1. The van der Waals surface area contributed by atoms with E-state index in [2.05, 4.69) is 5.10 Å². The van der Waals surface area contributed by atoms with E-state index in [1.54, 1.807) is 29.2 Å². The quantitative estimate of drug-likeness (QED) is 0.760. The summed E-state index contributed by atoms with van der Waals surface area (Å²) in [5.41, 5.74) is 1.06. The molecule has 1 amide bonds. The molecule has 0 spiro atoms. The number of hydrogen-bond donors (Lipinski definition) is 1. The topological polar surface area (TPSA) is 113 Å². The van der Waals surface area contributed by atoms with Crippen LogP contribution in [-0.2, 0) is 21.4 Å². The molecule has 0 saturated carbocycles. The summed E-state index contributed by atoms with van der Waals surface area (Å²) in [7, 11) is -3.56. The van der Waals surface area contributed by atoms with Crippen LogP contribution in [0.4, 0.5) is 0 Å². The third kappa shape index (κ3) is 4.39. The number of carbonyl (C=O) groups excluding carboxylic acids is 1. The molecule has 1 aromatic carbocycles. The zero-order chi connectivity index (χ0) is 20.3. The van der Waals surface area contributed by atoms with Crippen LogP contribution >= 0.6 is 0 Å². The van der Waals surface area contributed by atoms with E-state index in [-0.39, 0.29) is 42.4 Å². The van der Waals surface area contributed by atoms with Crippen LogP contribution in [0.3, 0.4) is 0 Å². The van der Waals surface area contributed by atoms with Crippen LogP contribution in [0, 0.1) is 6.92 Å². The van der Waals surface area contributed by atoms with E-state index in [0.717, 1.165) is 5.56 Å². The third-order valence-electron chi connectivity index (χ3n) is 4.69. The van der Waals surface area contributed by atoms with E-state index < -0.39 is 16.0 Å². The van der Waals surface area contributed by atoms with Gasteiger partial charge >= 0.3 is 5.97 Å². The highest BCUT2D eigenvalue weighted by Crippen LogP contribution is 2.18. The lowest BCUT2D eigenvalue weighted by Gasteiger charge is -2.34. The number of carboxylic acids is 1. The van der Waals surface area contributed by atoms with Gasteiger partial charge in [-0.2, -0.15) is 9.40 Å². The minimum absolute atomic E-state index is 0.0716. The van der Waals surface area contributed by atoms with Crippen molar-refractivity contribution in [2.75, 3.05) is 26.2 Å². The van der Waals surface area contributed by atoms with Gasteiger partial charge in [-0.3, -0.25) is 9.48 Å². The normalized spacial score (nSPS) is 15.5. The molecule has 1 aliphatic rings. The van der Waals surface area contributed by atoms with Crippen molar-refractivity contribution in [3.8, 4) is 0 Å². The van der Waals surface area contributed by atoms with Crippen molar-refractivity contribution in [3.05, 3.63) is 47.8 Å². The molecule has 150 valence electrons.